The van der Waals surface area contributed by atoms with Crippen LogP contribution in [0.2, 0.25) is 0 Å². The number of ether oxygens (including phenoxy) is 2. The lowest BCUT2D eigenvalue weighted by molar-refractivity contribution is -0.921. The van der Waals surface area contributed by atoms with Crippen LogP contribution in [0.1, 0.15) is 12.5 Å². The summed E-state index contributed by atoms with van der Waals surface area (Å²) < 4.78 is 10.5. The number of amides is 1. The summed E-state index contributed by atoms with van der Waals surface area (Å²) in [5.74, 6) is 0.979. The predicted molar refractivity (Wildman–Crippen MR) is 80.7 cm³/mol. The normalized spacial score (nSPS) is 17.2. The molecule has 1 aromatic carbocycles. The van der Waals surface area contributed by atoms with Crippen LogP contribution in [-0.2, 0) is 16.0 Å². The number of methoxy groups -OCH3 is 1. The molecule has 0 saturated carbocycles. The zero-order chi connectivity index (χ0) is 15.1. The highest BCUT2D eigenvalue weighted by Gasteiger charge is 2.26. The van der Waals surface area contributed by atoms with Crippen LogP contribution in [0.15, 0.2) is 24.3 Å². The molecule has 5 heteroatoms. The SMILES string of the molecule is COc1ccc(CCNC(=O)[C@H](C)[NH+]2CCOCC2)cc1. The molecule has 2 N–H and O–H groups in total. The van der Waals surface area contributed by atoms with Crippen LogP contribution in [0, 0.1) is 0 Å². The van der Waals surface area contributed by atoms with E-state index in [2.05, 4.69) is 5.32 Å². The number of morpholine rings is 1. The third-order valence-electron chi connectivity index (χ3n) is 4.01. The van der Waals surface area contributed by atoms with Gasteiger partial charge in [-0.15, -0.1) is 0 Å². The van der Waals surface area contributed by atoms with E-state index in [1.807, 2.05) is 31.2 Å². The van der Waals surface area contributed by atoms with Crippen LogP contribution < -0.4 is 15.0 Å². The second-order valence-electron chi connectivity index (χ2n) is 5.38. The molecule has 1 amide bonds. The van der Waals surface area contributed by atoms with E-state index in [4.69, 9.17) is 9.47 Å². The van der Waals surface area contributed by atoms with Crippen molar-refractivity contribution < 1.29 is 19.2 Å². The molecule has 0 aliphatic carbocycles. The number of rotatable bonds is 6. The topological polar surface area (TPSA) is 52.0 Å². The molecule has 0 unspecified atom stereocenters. The van der Waals surface area contributed by atoms with Crippen LogP contribution in [0.3, 0.4) is 0 Å². The summed E-state index contributed by atoms with van der Waals surface area (Å²) in [6.45, 7) is 5.97. The average Bonchev–Trinajstić information content (AvgIpc) is 2.55. The minimum absolute atomic E-state index is 0.00947. The van der Waals surface area contributed by atoms with Gasteiger partial charge in [-0.1, -0.05) is 12.1 Å². The molecule has 1 saturated heterocycles. The van der Waals surface area contributed by atoms with Crippen LogP contribution in [0.4, 0.5) is 0 Å². The first-order valence-corrected chi connectivity index (χ1v) is 7.53. The first kappa shape index (κ1) is 15.8. The van der Waals surface area contributed by atoms with Crippen molar-refractivity contribution in [1.29, 1.82) is 0 Å². The Hall–Kier alpha value is -1.59. The van der Waals surface area contributed by atoms with E-state index in [1.165, 1.54) is 10.5 Å². The molecule has 1 aliphatic rings. The summed E-state index contributed by atoms with van der Waals surface area (Å²) in [6.07, 6.45) is 0.834. The fourth-order valence-corrected chi connectivity index (χ4v) is 2.53. The molecular formula is C16H25N2O3+. The molecule has 1 fully saturated rings. The molecule has 2 rings (SSSR count). The molecule has 5 nitrogen and oxygen atoms in total. The highest BCUT2D eigenvalue weighted by atomic mass is 16.5. The number of hydrogen-bond donors (Lipinski definition) is 2. The summed E-state index contributed by atoms with van der Waals surface area (Å²) in [7, 11) is 1.66. The molecule has 1 aromatic rings. The molecular weight excluding hydrogens is 268 g/mol. The van der Waals surface area contributed by atoms with Crippen molar-refractivity contribution in [3.63, 3.8) is 0 Å². The average molecular weight is 293 g/mol. The van der Waals surface area contributed by atoms with E-state index < -0.39 is 0 Å². The molecule has 116 valence electrons. The molecule has 0 bridgehead atoms. The van der Waals surface area contributed by atoms with Crippen molar-refractivity contribution in [3.05, 3.63) is 29.8 Å². The number of carbonyl (C=O) groups excluding carboxylic acids is 1. The Labute approximate surface area is 126 Å². The van der Waals surface area contributed by atoms with Crippen molar-refractivity contribution in [3.8, 4) is 5.75 Å². The number of carbonyl (C=O) groups is 1. The predicted octanol–water partition coefficient (Wildman–Crippen LogP) is -0.342. The van der Waals surface area contributed by atoms with E-state index in [0.717, 1.165) is 38.5 Å². The Morgan fingerprint density at radius 2 is 2.00 bits per heavy atom. The summed E-state index contributed by atoms with van der Waals surface area (Å²) in [6, 6.07) is 7.93. The van der Waals surface area contributed by atoms with Crippen LogP contribution in [0.5, 0.6) is 5.75 Å². The van der Waals surface area contributed by atoms with Gasteiger partial charge in [0.25, 0.3) is 5.91 Å². The van der Waals surface area contributed by atoms with E-state index in [1.54, 1.807) is 7.11 Å². The van der Waals surface area contributed by atoms with Crippen molar-refractivity contribution in [2.45, 2.75) is 19.4 Å². The van der Waals surface area contributed by atoms with E-state index >= 15 is 0 Å². The van der Waals surface area contributed by atoms with Crippen LogP contribution in [0.25, 0.3) is 0 Å². The van der Waals surface area contributed by atoms with Gasteiger partial charge in [-0.05, 0) is 31.0 Å². The Morgan fingerprint density at radius 1 is 1.33 bits per heavy atom. The third kappa shape index (κ3) is 4.72. The summed E-state index contributed by atoms with van der Waals surface area (Å²) in [5.41, 5.74) is 1.20. The molecule has 1 atom stereocenters. The van der Waals surface area contributed by atoms with Crippen molar-refractivity contribution in [2.75, 3.05) is 40.0 Å². The highest BCUT2D eigenvalue weighted by molar-refractivity contribution is 5.79. The first-order chi connectivity index (χ1) is 10.2. The van der Waals surface area contributed by atoms with Gasteiger partial charge in [-0.3, -0.25) is 4.79 Å². The second-order valence-corrected chi connectivity index (χ2v) is 5.38. The second kappa shape index (κ2) is 8.00. The Morgan fingerprint density at radius 3 is 2.62 bits per heavy atom. The van der Waals surface area contributed by atoms with Crippen LogP contribution >= 0.6 is 0 Å². The lowest BCUT2D eigenvalue weighted by atomic mass is 10.1. The zero-order valence-electron chi connectivity index (χ0n) is 12.9. The van der Waals surface area contributed by atoms with Gasteiger partial charge >= 0.3 is 0 Å². The molecule has 0 aromatic heterocycles. The van der Waals surface area contributed by atoms with Gasteiger partial charge in [0, 0.05) is 6.54 Å². The van der Waals surface area contributed by atoms with Crippen molar-refractivity contribution in [1.82, 2.24) is 5.32 Å². The van der Waals surface area contributed by atoms with Gasteiger partial charge in [-0.25, -0.2) is 0 Å². The standard InChI is InChI=1S/C16H24N2O3/c1-13(18-9-11-21-12-10-18)16(19)17-8-7-14-3-5-15(20-2)6-4-14/h3-6,13H,7-12H2,1-2H3,(H,17,19)/p+1/t13-/m0/s1. The van der Waals surface area contributed by atoms with Gasteiger partial charge in [-0.2, -0.15) is 0 Å². The lowest BCUT2D eigenvalue weighted by Gasteiger charge is -2.28. The molecule has 1 heterocycles. The maximum absolute atomic E-state index is 12.1. The lowest BCUT2D eigenvalue weighted by Crippen LogP contribution is -3.18. The molecule has 21 heavy (non-hydrogen) atoms. The van der Waals surface area contributed by atoms with E-state index in [-0.39, 0.29) is 11.9 Å². The minimum Gasteiger partial charge on any atom is -0.497 e. The molecule has 0 radical (unpaired) electrons. The smallest absolute Gasteiger partial charge is 0.278 e. The summed E-state index contributed by atoms with van der Waals surface area (Å²) in [5, 5.41) is 3.02. The highest BCUT2D eigenvalue weighted by Crippen LogP contribution is 2.11. The number of benzene rings is 1. The van der Waals surface area contributed by atoms with Gasteiger partial charge in [0.15, 0.2) is 6.04 Å². The summed E-state index contributed by atoms with van der Waals surface area (Å²) >= 11 is 0. The maximum atomic E-state index is 12.1. The van der Waals surface area contributed by atoms with Gasteiger partial charge in [0.1, 0.15) is 18.8 Å². The largest absolute Gasteiger partial charge is 0.497 e. The molecule has 1 aliphatic heterocycles. The fourth-order valence-electron chi connectivity index (χ4n) is 2.53. The van der Waals surface area contributed by atoms with E-state index in [0.29, 0.717) is 6.54 Å². The van der Waals surface area contributed by atoms with Gasteiger partial charge < -0.3 is 19.7 Å². The third-order valence-corrected chi connectivity index (χ3v) is 4.01. The Kier molecular flexibility index (Phi) is 6.02. The quantitative estimate of drug-likeness (QED) is 0.754. The van der Waals surface area contributed by atoms with Crippen LogP contribution in [-0.4, -0.2) is 51.9 Å². The Bertz CT molecular complexity index is 441. The fraction of sp³-hybridized carbons (Fsp3) is 0.562. The maximum Gasteiger partial charge on any atom is 0.278 e. The van der Waals surface area contributed by atoms with Crippen molar-refractivity contribution in [2.24, 2.45) is 0 Å². The monoisotopic (exact) mass is 293 g/mol. The first-order valence-electron chi connectivity index (χ1n) is 7.53. The van der Waals surface area contributed by atoms with E-state index in [9.17, 15) is 4.79 Å². The van der Waals surface area contributed by atoms with Gasteiger partial charge in [0.2, 0.25) is 0 Å². The Balaban J connectivity index is 1.72. The number of nitrogens with one attached hydrogen (secondary N) is 2. The number of hydrogen-bond acceptors (Lipinski definition) is 3. The van der Waals surface area contributed by atoms with Crippen molar-refractivity contribution >= 4 is 5.91 Å². The minimum atomic E-state index is -0.00947. The molecule has 0 spiro atoms. The number of quaternary nitrogens is 1. The summed E-state index contributed by atoms with van der Waals surface area (Å²) in [4.78, 5) is 13.4. The zero-order valence-corrected chi connectivity index (χ0v) is 12.9. The van der Waals surface area contributed by atoms with Gasteiger partial charge in [0.05, 0.1) is 20.3 Å².